The van der Waals surface area contributed by atoms with E-state index in [9.17, 15) is 0 Å². The summed E-state index contributed by atoms with van der Waals surface area (Å²) in [7, 11) is 1.84. The largest absolute Gasteiger partial charge is 0.363 e. The van der Waals surface area contributed by atoms with Gasteiger partial charge in [-0.2, -0.15) is 9.36 Å². The number of aromatic nitrogens is 3. The lowest BCUT2D eigenvalue weighted by molar-refractivity contribution is 1.12. The number of nitrogens with one attached hydrogen (secondary N) is 1. The van der Waals surface area contributed by atoms with Gasteiger partial charge in [0.05, 0.1) is 0 Å². The van der Waals surface area contributed by atoms with Crippen molar-refractivity contribution in [3.63, 3.8) is 0 Å². The first-order chi connectivity index (χ1) is 7.19. The Labute approximate surface area is 92.6 Å². The molecule has 2 aromatic heterocycles. The molecule has 0 bridgehead atoms. The van der Waals surface area contributed by atoms with Crippen LogP contribution in [0.2, 0.25) is 0 Å². The molecule has 0 fully saturated rings. The van der Waals surface area contributed by atoms with Crippen LogP contribution in [0.4, 0.5) is 5.13 Å². The Hall–Kier alpha value is -1.49. The molecule has 2 aromatic rings. The molecule has 0 aliphatic carbocycles. The molecule has 0 saturated heterocycles. The highest BCUT2D eigenvalue weighted by Crippen LogP contribution is 2.21. The second-order valence-electron chi connectivity index (χ2n) is 3.31. The molecule has 0 aliphatic heterocycles. The van der Waals surface area contributed by atoms with Crippen LogP contribution < -0.4 is 5.32 Å². The molecule has 0 aromatic carbocycles. The number of pyridine rings is 1. The molecule has 1 N–H and O–H groups in total. The molecule has 2 heterocycles. The number of anilines is 1. The molecule has 0 saturated carbocycles. The normalized spacial score (nSPS) is 10.3. The lowest BCUT2D eigenvalue weighted by Crippen LogP contribution is -1.90. The summed E-state index contributed by atoms with van der Waals surface area (Å²) < 4.78 is 4.28. The van der Waals surface area contributed by atoms with Crippen LogP contribution in [-0.4, -0.2) is 21.4 Å². The molecule has 2 rings (SSSR count). The molecule has 0 aliphatic rings. The van der Waals surface area contributed by atoms with Gasteiger partial charge < -0.3 is 5.32 Å². The SMILES string of the molecule is CNc1nc(-c2cc(C)nc(C)c2)ns1. The van der Waals surface area contributed by atoms with E-state index >= 15 is 0 Å². The maximum absolute atomic E-state index is 4.35. The van der Waals surface area contributed by atoms with Gasteiger partial charge in [0.15, 0.2) is 5.82 Å². The average Bonchev–Trinajstić information content (AvgIpc) is 2.64. The van der Waals surface area contributed by atoms with Crippen LogP contribution in [0.1, 0.15) is 11.4 Å². The summed E-state index contributed by atoms with van der Waals surface area (Å²) in [5.74, 6) is 0.762. The van der Waals surface area contributed by atoms with Gasteiger partial charge in [-0.25, -0.2) is 0 Å². The van der Waals surface area contributed by atoms with Gasteiger partial charge in [0, 0.05) is 35.5 Å². The van der Waals surface area contributed by atoms with E-state index in [-0.39, 0.29) is 0 Å². The van der Waals surface area contributed by atoms with E-state index < -0.39 is 0 Å². The van der Waals surface area contributed by atoms with Crippen molar-refractivity contribution in [1.82, 2.24) is 14.3 Å². The van der Waals surface area contributed by atoms with Gasteiger partial charge in [-0.1, -0.05) is 0 Å². The topological polar surface area (TPSA) is 50.7 Å². The van der Waals surface area contributed by atoms with Gasteiger partial charge in [-0.15, -0.1) is 0 Å². The first-order valence-corrected chi connectivity index (χ1v) is 5.43. The Morgan fingerprint density at radius 1 is 1.13 bits per heavy atom. The van der Waals surface area contributed by atoms with Gasteiger partial charge in [0.25, 0.3) is 0 Å². The van der Waals surface area contributed by atoms with Crippen molar-refractivity contribution in [2.24, 2.45) is 0 Å². The zero-order valence-electron chi connectivity index (χ0n) is 8.90. The zero-order chi connectivity index (χ0) is 10.8. The monoisotopic (exact) mass is 220 g/mol. The third-order valence-electron chi connectivity index (χ3n) is 1.98. The van der Waals surface area contributed by atoms with Crippen LogP contribution in [0.15, 0.2) is 12.1 Å². The maximum Gasteiger partial charge on any atom is 0.202 e. The van der Waals surface area contributed by atoms with Crippen molar-refractivity contribution in [2.75, 3.05) is 12.4 Å². The molecular weight excluding hydrogens is 208 g/mol. The molecular formula is C10H12N4S. The van der Waals surface area contributed by atoms with E-state index in [2.05, 4.69) is 19.7 Å². The van der Waals surface area contributed by atoms with Gasteiger partial charge in [-0.05, 0) is 26.0 Å². The van der Waals surface area contributed by atoms with Gasteiger partial charge in [-0.3, -0.25) is 4.98 Å². The van der Waals surface area contributed by atoms with E-state index in [0.29, 0.717) is 0 Å². The Morgan fingerprint density at radius 2 is 1.80 bits per heavy atom. The Morgan fingerprint density at radius 3 is 2.33 bits per heavy atom. The Kier molecular flexibility index (Phi) is 2.64. The Balaban J connectivity index is 2.44. The standard InChI is InChI=1S/C10H12N4S/c1-6-4-8(5-7(2)12-6)9-13-10(11-3)15-14-9/h4-5H,1-3H3,(H,11,13,14). The predicted octanol–water partition coefficient (Wildman–Crippen LogP) is 2.26. The van der Waals surface area contributed by atoms with Gasteiger partial charge in [0.2, 0.25) is 5.13 Å². The number of nitrogens with zero attached hydrogens (tertiary/aromatic N) is 3. The summed E-state index contributed by atoms with van der Waals surface area (Å²) in [4.78, 5) is 8.67. The summed E-state index contributed by atoms with van der Waals surface area (Å²) in [5.41, 5.74) is 3.01. The third kappa shape index (κ3) is 2.12. The number of hydrogen-bond acceptors (Lipinski definition) is 5. The van der Waals surface area contributed by atoms with Crippen LogP contribution in [0, 0.1) is 13.8 Å². The smallest absolute Gasteiger partial charge is 0.202 e. The molecule has 0 atom stereocenters. The number of rotatable bonds is 2. The first kappa shape index (κ1) is 10.0. The number of hydrogen-bond donors (Lipinski definition) is 1. The quantitative estimate of drug-likeness (QED) is 0.843. The summed E-state index contributed by atoms with van der Waals surface area (Å²) in [6.45, 7) is 3.95. The first-order valence-electron chi connectivity index (χ1n) is 4.66. The second kappa shape index (κ2) is 3.94. The average molecular weight is 220 g/mol. The van der Waals surface area contributed by atoms with Crippen molar-refractivity contribution in [3.05, 3.63) is 23.5 Å². The lowest BCUT2D eigenvalue weighted by atomic mass is 10.2. The minimum atomic E-state index is 0.762. The van der Waals surface area contributed by atoms with Crippen molar-refractivity contribution in [2.45, 2.75) is 13.8 Å². The highest BCUT2D eigenvalue weighted by Gasteiger charge is 2.06. The van der Waals surface area contributed by atoms with E-state index in [1.807, 2.05) is 33.0 Å². The van der Waals surface area contributed by atoms with Gasteiger partial charge in [0.1, 0.15) is 0 Å². The fourth-order valence-corrected chi connectivity index (χ4v) is 1.94. The fourth-order valence-electron chi connectivity index (χ4n) is 1.41. The Bertz CT molecular complexity index is 458. The summed E-state index contributed by atoms with van der Waals surface area (Å²) in [6, 6.07) is 3.99. The fraction of sp³-hybridized carbons (Fsp3) is 0.300. The van der Waals surface area contributed by atoms with Crippen molar-refractivity contribution < 1.29 is 0 Å². The van der Waals surface area contributed by atoms with Crippen LogP contribution in [-0.2, 0) is 0 Å². The molecule has 15 heavy (non-hydrogen) atoms. The highest BCUT2D eigenvalue weighted by molar-refractivity contribution is 7.09. The number of aryl methyl sites for hydroxylation is 2. The van der Waals surface area contributed by atoms with Crippen LogP contribution in [0.3, 0.4) is 0 Å². The van der Waals surface area contributed by atoms with E-state index in [4.69, 9.17) is 0 Å². The van der Waals surface area contributed by atoms with E-state index in [1.54, 1.807) is 0 Å². The molecule has 0 unspecified atom stereocenters. The van der Waals surface area contributed by atoms with Crippen LogP contribution in [0.5, 0.6) is 0 Å². The van der Waals surface area contributed by atoms with Crippen LogP contribution in [0.25, 0.3) is 11.4 Å². The van der Waals surface area contributed by atoms with Crippen molar-refractivity contribution in [1.29, 1.82) is 0 Å². The molecule has 0 amide bonds. The minimum Gasteiger partial charge on any atom is -0.363 e. The zero-order valence-corrected chi connectivity index (χ0v) is 9.72. The van der Waals surface area contributed by atoms with E-state index in [1.165, 1.54) is 11.5 Å². The molecule has 0 spiro atoms. The lowest BCUT2D eigenvalue weighted by Gasteiger charge is -1.99. The highest BCUT2D eigenvalue weighted by atomic mass is 32.1. The molecule has 0 radical (unpaired) electrons. The maximum atomic E-state index is 4.35. The van der Waals surface area contributed by atoms with Crippen molar-refractivity contribution >= 4 is 16.7 Å². The summed E-state index contributed by atoms with van der Waals surface area (Å²) in [6.07, 6.45) is 0. The third-order valence-corrected chi connectivity index (χ3v) is 2.71. The predicted molar refractivity (Wildman–Crippen MR) is 62.2 cm³/mol. The molecule has 78 valence electrons. The van der Waals surface area contributed by atoms with E-state index in [0.717, 1.165) is 27.9 Å². The molecule has 4 nitrogen and oxygen atoms in total. The summed E-state index contributed by atoms with van der Waals surface area (Å²) >= 11 is 1.36. The van der Waals surface area contributed by atoms with Gasteiger partial charge >= 0.3 is 0 Å². The second-order valence-corrected chi connectivity index (χ2v) is 4.06. The summed E-state index contributed by atoms with van der Waals surface area (Å²) in [5, 5.41) is 3.81. The minimum absolute atomic E-state index is 0.762. The van der Waals surface area contributed by atoms with Crippen LogP contribution >= 0.6 is 11.5 Å². The molecule has 5 heteroatoms. The van der Waals surface area contributed by atoms with Crippen molar-refractivity contribution in [3.8, 4) is 11.4 Å².